The molecule has 0 atom stereocenters. The number of ether oxygens (including phenoxy) is 1. The molecule has 0 aliphatic carbocycles. The Balaban J connectivity index is 1.41. The van der Waals surface area contributed by atoms with Crippen molar-refractivity contribution in [1.29, 1.82) is 0 Å². The number of fused-ring (bicyclic) bond motifs is 1. The number of pyridine rings is 1. The highest BCUT2D eigenvalue weighted by Crippen LogP contribution is 2.19. The molecule has 30 heavy (non-hydrogen) atoms. The van der Waals surface area contributed by atoms with Gasteiger partial charge in [-0.15, -0.1) is 0 Å². The molecule has 2 N–H and O–H groups in total. The lowest BCUT2D eigenvalue weighted by Crippen LogP contribution is -2.39. The number of halogens is 2. The molecule has 1 heterocycles. The van der Waals surface area contributed by atoms with Crippen molar-refractivity contribution in [2.24, 2.45) is 0 Å². The van der Waals surface area contributed by atoms with Crippen LogP contribution in [0.15, 0.2) is 54.7 Å². The molecule has 0 aliphatic rings. The fraction of sp³-hybridized carbons (Fsp3) is 0.190. The summed E-state index contributed by atoms with van der Waals surface area (Å²) in [6.07, 6.45) is 0.992. The fourth-order valence-corrected chi connectivity index (χ4v) is 2.85. The van der Waals surface area contributed by atoms with Gasteiger partial charge in [-0.3, -0.25) is 5.32 Å². The number of benzene rings is 2. The monoisotopic (exact) mass is 430 g/mol. The number of amides is 3. The average Bonchev–Trinajstić information content (AvgIpc) is 2.74. The van der Waals surface area contributed by atoms with Gasteiger partial charge in [-0.1, -0.05) is 48.0 Å². The van der Waals surface area contributed by atoms with Crippen LogP contribution in [0.1, 0.15) is 5.56 Å². The second-order valence-electron chi connectivity index (χ2n) is 6.47. The van der Waals surface area contributed by atoms with Crippen LogP contribution in [0.4, 0.5) is 19.8 Å². The Morgan fingerprint density at radius 1 is 1.17 bits per heavy atom. The zero-order valence-corrected chi connectivity index (χ0v) is 16.9. The van der Waals surface area contributed by atoms with E-state index in [1.165, 1.54) is 17.0 Å². The van der Waals surface area contributed by atoms with Crippen molar-refractivity contribution in [3.63, 3.8) is 0 Å². The SMILES string of the molecule is CN(CCOC(=O)Nc1cc2ccccc2cn1)C(=O)NCc1cccc(F)c1Cl. The lowest BCUT2D eigenvalue weighted by molar-refractivity contribution is 0.146. The first-order valence-electron chi connectivity index (χ1n) is 9.14. The van der Waals surface area contributed by atoms with Gasteiger partial charge >= 0.3 is 12.1 Å². The van der Waals surface area contributed by atoms with E-state index in [0.29, 0.717) is 11.4 Å². The van der Waals surface area contributed by atoms with Crippen LogP contribution in [0.2, 0.25) is 5.02 Å². The maximum atomic E-state index is 13.4. The van der Waals surface area contributed by atoms with Gasteiger partial charge in [0.15, 0.2) is 0 Å². The molecule has 0 bridgehead atoms. The van der Waals surface area contributed by atoms with Crippen LogP contribution in [-0.4, -0.2) is 42.2 Å². The molecular weight excluding hydrogens is 411 g/mol. The number of rotatable bonds is 6. The predicted octanol–water partition coefficient (Wildman–Crippen LogP) is 4.42. The third-order valence-electron chi connectivity index (χ3n) is 4.33. The lowest BCUT2D eigenvalue weighted by atomic mass is 10.2. The lowest BCUT2D eigenvalue weighted by Gasteiger charge is -2.18. The van der Waals surface area contributed by atoms with Gasteiger partial charge in [0.2, 0.25) is 0 Å². The summed E-state index contributed by atoms with van der Waals surface area (Å²) in [6, 6.07) is 13.4. The van der Waals surface area contributed by atoms with E-state index >= 15 is 0 Å². The molecule has 3 amide bonds. The van der Waals surface area contributed by atoms with Crippen LogP contribution >= 0.6 is 11.6 Å². The number of carbonyl (C=O) groups is 2. The van der Waals surface area contributed by atoms with E-state index in [0.717, 1.165) is 10.8 Å². The number of hydrogen-bond acceptors (Lipinski definition) is 4. The maximum Gasteiger partial charge on any atom is 0.412 e. The number of nitrogens with one attached hydrogen (secondary N) is 2. The number of urea groups is 1. The third kappa shape index (κ3) is 5.57. The second-order valence-corrected chi connectivity index (χ2v) is 6.85. The van der Waals surface area contributed by atoms with Gasteiger partial charge in [0.25, 0.3) is 0 Å². The minimum absolute atomic E-state index is 0.00987. The minimum atomic E-state index is -0.668. The molecule has 0 saturated carbocycles. The van der Waals surface area contributed by atoms with Gasteiger partial charge in [0.1, 0.15) is 18.2 Å². The molecule has 3 aromatic rings. The van der Waals surface area contributed by atoms with E-state index in [-0.39, 0.29) is 24.7 Å². The molecule has 9 heteroatoms. The highest BCUT2D eigenvalue weighted by molar-refractivity contribution is 6.31. The predicted molar refractivity (Wildman–Crippen MR) is 113 cm³/mol. The number of hydrogen-bond donors (Lipinski definition) is 2. The molecule has 2 aromatic carbocycles. The molecule has 0 radical (unpaired) electrons. The highest BCUT2D eigenvalue weighted by Gasteiger charge is 2.12. The normalized spacial score (nSPS) is 10.5. The average molecular weight is 431 g/mol. The molecule has 0 spiro atoms. The van der Waals surface area contributed by atoms with Crippen molar-refractivity contribution in [1.82, 2.24) is 15.2 Å². The van der Waals surface area contributed by atoms with E-state index in [9.17, 15) is 14.0 Å². The first kappa shape index (κ1) is 21.3. The van der Waals surface area contributed by atoms with Gasteiger partial charge < -0.3 is 15.0 Å². The molecule has 3 rings (SSSR count). The minimum Gasteiger partial charge on any atom is -0.447 e. The fourth-order valence-electron chi connectivity index (χ4n) is 2.66. The zero-order valence-electron chi connectivity index (χ0n) is 16.2. The van der Waals surface area contributed by atoms with Crippen molar-refractivity contribution in [2.75, 3.05) is 25.5 Å². The smallest absolute Gasteiger partial charge is 0.412 e. The number of likely N-dealkylation sites (N-methyl/N-ethyl adjacent to an activating group) is 1. The summed E-state index contributed by atoms with van der Waals surface area (Å²) in [4.78, 5) is 29.6. The summed E-state index contributed by atoms with van der Waals surface area (Å²) >= 11 is 5.86. The van der Waals surface area contributed by atoms with Gasteiger partial charge in [0, 0.05) is 25.2 Å². The third-order valence-corrected chi connectivity index (χ3v) is 4.75. The number of aromatic nitrogens is 1. The van der Waals surface area contributed by atoms with E-state index < -0.39 is 17.9 Å². The van der Waals surface area contributed by atoms with Crippen LogP contribution in [0, 0.1) is 5.82 Å². The molecule has 156 valence electrons. The number of carbonyl (C=O) groups excluding carboxylic acids is 2. The summed E-state index contributed by atoms with van der Waals surface area (Å²) < 4.78 is 18.5. The van der Waals surface area contributed by atoms with Crippen molar-refractivity contribution in [3.05, 3.63) is 71.1 Å². The first-order valence-corrected chi connectivity index (χ1v) is 9.52. The molecule has 0 fully saturated rings. The summed E-state index contributed by atoms with van der Waals surface area (Å²) in [6.45, 7) is 0.236. The van der Waals surface area contributed by atoms with Crippen molar-refractivity contribution < 1.29 is 18.7 Å². The van der Waals surface area contributed by atoms with Crippen LogP contribution < -0.4 is 10.6 Å². The quantitative estimate of drug-likeness (QED) is 0.606. The van der Waals surface area contributed by atoms with E-state index in [1.54, 1.807) is 25.4 Å². The number of nitrogens with zero attached hydrogens (tertiary/aromatic N) is 2. The first-order chi connectivity index (χ1) is 14.4. The van der Waals surface area contributed by atoms with E-state index in [2.05, 4.69) is 15.6 Å². The Morgan fingerprint density at radius 2 is 1.93 bits per heavy atom. The Kier molecular flexibility index (Phi) is 7.03. The van der Waals surface area contributed by atoms with E-state index in [1.807, 2.05) is 24.3 Å². The van der Waals surface area contributed by atoms with Crippen LogP contribution in [0.5, 0.6) is 0 Å². The second kappa shape index (κ2) is 9.89. The standard InChI is InChI=1S/C21H20ClFN4O3/c1-27(20(28)25-13-16-7-4-8-17(23)19(16)22)9-10-30-21(29)26-18-11-14-5-2-3-6-15(14)12-24-18/h2-8,11-12H,9-10,13H2,1H3,(H,25,28)(H,24,26,29). The maximum absolute atomic E-state index is 13.4. The van der Waals surface area contributed by atoms with Gasteiger partial charge in [-0.05, 0) is 23.1 Å². The molecule has 7 nitrogen and oxygen atoms in total. The van der Waals surface area contributed by atoms with Crippen LogP contribution in [0.3, 0.4) is 0 Å². The molecular formula is C21H20ClFN4O3. The molecule has 0 saturated heterocycles. The summed E-state index contributed by atoms with van der Waals surface area (Å²) in [7, 11) is 1.55. The molecule has 1 aromatic heterocycles. The Labute approximate surface area is 177 Å². The molecule has 0 unspecified atom stereocenters. The van der Waals surface area contributed by atoms with Crippen LogP contribution in [-0.2, 0) is 11.3 Å². The highest BCUT2D eigenvalue weighted by atomic mass is 35.5. The van der Waals surface area contributed by atoms with Crippen molar-refractivity contribution in [2.45, 2.75) is 6.54 Å². The van der Waals surface area contributed by atoms with Crippen molar-refractivity contribution in [3.8, 4) is 0 Å². The summed E-state index contributed by atoms with van der Waals surface area (Å²) in [5.41, 5.74) is 0.469. The van der Waals surface area contributed by atoms with Crippen LogP contribution in [0.25, 0.3) is 10.8 Å². The Hall–Kier alpha value is -3.39. The number of anilines is 1. The summed E-state index contributed by atoms with van der Waals surface area (Å²) in [5.74, 6) is -0.172. The van der Waals surface area contributed by atoms with Gasteiger partial charge in [0.05, 0.1) is 11.6 Å². The zero-order chi connectivity index (χ0) is 21.5. The Bertz CT molecular complexity index is 1060. The summed E-state index contributed by atoms with van der Waals surface area (Å²) in [5, 5.41) is 7.06. The largest absolute Gasteiger partial charge is 0.447 e. The van der Waals surface area contributed by atoms with Gasteiger partial charge in [-0.2, -0.15) is 0 Å². The van der Waals surface area contributed by atoms with Gasteiger partial charge in [-0.25, -0.2) is 19.0 Å². The topological polar surface area (TPSA) is 83.6 Å². The molecule has 0 aliphatic heterocycles. The van der Waals surface area contributed by atoms with E-state index in [4.69, 9.17) is 16.3 Å². The van der Waals surface area contributed by atoms with Crippen molar-refractivity contribution >= 4 is 40.3 Å². The Morgan fingerprint density at radius 3 is 2.73 bits per heavy atom.